The van der Waals surface area contributed by atoms with E-state index in [4.69, 9.17) is 10.7 Å². The minimum absolute atomic E-state index is 0.0655. The molecule has 1 fully saturated rings. The Labute approximate surface area is 166 Å². The third kappa shape index (κ3) is 4.37. The monoisotopic (exact) mass is 388 g/mol. The average Bonchev–Trinajstić information content (AvgIpc) is 3.01. The van der Waals surface area contributed by atoms with Crippen LogP contribution < -0.4 is 5.73 Å². The summed E-state index contributed by atoms with van der Waals surface area (Å²) in [4.78, 5) is 19.5. The van der Waals surface area contributed by atoms with Crippen molar-refractivity contribution in [2.45, 2.75) is 45.8 Å². The zero-order valence-electron chi connectivity index (χ0n) is 16.8. The third-order valence-corrected chi connectivity index (χ3v) is 5.47. The quantitative estimate of drug-likeness (QED) is 0.665. The normalized spacial score (nSPS) is 20.3. The van der Waals surface area contributed by atoms with Crippen LogP contribution in [0.15, 0.2) is 18.2 Å². The van der Waals surface area contributed by atoms with E-state index in [9.17, 15) is 15.0 Å². The van der Waals surface area contributed by atoms with Crippen LogP contribution in [0, 0.1) is 11.8 Å². The molecule has 0 spiro atoms. The van der Waals surface area contributed by atoms with Gasteiger partial charge in [-0.25, -0.2) is 4.98 Å². The number of aromatic nitrogens is 2. The molecular weight excluding hydrogens is 356 g/mol. The number of hydrogen-bond acceptors (Lipinski definition) is 5. The molecule has 3 rings (SSSR count). The molecule has 1 aliphatic heterocycles. The smallest absolute Gasteiger partial charge is 0.253 e. The van der Waals surface area contributed by atoms with Crippen molar-refractivity contribution in [1.29, 1.82) is 0 Å². The summed E-state index contributed by atoms with van der Waals surface area (Å²) < 4.78 is 2.19. The lowest BCUT2D eigenvalue weighted by atomic mass is 9.95. The molecule has 1 aromatic heterocycles. The number of nitrogens with zero attached hydrogens (tertiary/aromatic N) is 3. The topological polar surface area (TPSA) is 105 Å². The van der Waals surface area contributed by atoms with Crippen LogP contribution in [0.1, 0.15) is 42.9 Å². The molecule has 7 nitrogen and oxygen atoms in total. The van der Waals surface area contributed by atoms with Crippen LogP contribution in [-0.4, -0.2) is 62.9 Å². The molecular formula is C21H32N4O3. The molecule has 1 amide bonds. The summed E-state index contributed by atoms with van der Waals surface area (Å²) in [5, 5.41) is 19.4. The van der Waals surface area contributed by atoms with Crippen LogP contribution in [0.2, 0.25) is 0 Å². The van der Waals surface area contributed by atoms with Crippen molar-refractivity contribution < 1.29 is 15.0 Å². The summed E-state index contributed by atoms with van der Waals surface area (Å²) in [5.74, 6) is 1.17. The number of imidazole rings is 1. The lowest BCUT2D eigenvalue weighted by molar-refractivity contribution is 0.00345. The zero-order valence-corrected chi connectivity index (χ0v) is 16.8. The Morgan fingerprint density at radius 3 is 2.86 bits per heavy atom. The molecule has 28 heavy (non-hydrogen) atoms. The number of likely N-dealkylation sites (tertiary alicyclic amines) is 1. The van der Waals surface area contributed by atoms with E-state index in [-0.39, 0.29) is 18.4 Å². The maximum atomic E-state index is 13.0. The molecule has 0 bridgehead atoms. The predicted molar refractivity (Wildman–Crippen MR) is 109 cm³/mol. The molecule has 2 heterocycles. The number of fused-ring (bicyclic) bond motifs is 1. The van der Waals surface area contributed by atoms with Crippen LogP contribution in [0.3, 0.4) is 0 Å². The van der Waals surface area contributed by atoms with Crippen LogP contribution in [0.4, 0.5) is 0 Å². The van der Waals surface area contributed by atoms with Crippen molar-refractivity contribution in [3.63, 3.8) is 0 Å². The molecule has 154 valence electrons. The number of aryl methyl sites for hydroxylation is 1. The van der Waals surface area contributed by atoms with E-state index in [0.717, 1.165) is 36.2 Å². The van der Waals surface area contributed by atoms with E-state index < -0.39 is 6.10 Å². The Bertz CT molecular complexity index is 817. The Balaban J connectivity index is 1.90. The van der Waals surface area contributed by atoms with Gasteiger partial charge in [0.2, 0.25) is 0 Å². The highest BCUT2D eigenvalue weighted by Gasteiger charge is 2.30. The van der Waals surface area contributed by atoms with Gasteiger partial charge in [0, 0.05) is 37.5 Å². The highest BCUT2D eigenvalue weighted by atomic mass is 16.3. The molecule has 0 saturated carbocycles. The van der Waals surface area contributed by atoms with E-state index in [1.165, 1.54) is 0 Å². The minimum atomic E-state index is -0.548. The van der Waals surface area contributed by atoms with Gasteiger partial charge in [-0.3, -0.25) is 4.79 Å². The number of hydrogen-bond donors (Lipinski definition) is 3. The molecule has 7 heteroatoms. The van der Waals surface area contributed by atoms with Crippen LogP contribution in [0.25, 0.3) is 11.0 Å². The van der Waals surface area contributed by atoms with Gasteiger partial charge in [-0.05, 0) is 43.5 Å². The number of rotatable bonds is 7. The van der Waals surface area contributed by atoms with Crippen molar-refractivity contribution in [2.75, 3.05) is 26.2 Å². The first kappa shape index (κ1) is 20.8. The molecule has 4 N–H and O–H groups in total. The van der Waals surface area contributed by atoms with Gasteiger partial charge in [-0.1, -0.05) is 13.8 Å². The summed E-state index contributed by atoms with van der Waals surface area (Å²) in [7, 11) is 0. The van der Waals surface area contributed by atoms with E-state index in [1.54, 1.807) is 4.90 Å². The van der Waals surface area contributed by atoms with Gasteiger partial charge in [-0.2, -0.15) is 0 Å². The fourth-order valence-electron chi connectivity index (χ4n) is 3.89. The molecule has 2 aromatic rings. The number of nitrogens with two attached hydrogens (primary N) is 1. The highest BCUT2D eigenvalue weighted by Crippen LogP contribution is 2.23. The van der Waals surface area contributed by atoms with Crippen LogP contribution >= 0.6 is 0 Å². The summed E-state index contributed by atoms with van der Waals surface area (Å²) in [6, 6.07) is 5.65. The summed E-state index contributed by atoms with van der Waals surface area (Å²) >= 11 is 0. The maximum absolute atomic E-state index is 13.0. The van der Waals surface area contributed by atoms with Gasteiger partial charge >= 0.3 is 0 Å². The van der Waals surface area contributed by atoms with Gasteiger partial charge in [0.15, 0.2) is 0 Å². The van der Waals surface area contributed by atoms with Crippen molar-refractivity contribution in [2.24, 2.45) is 17.6 Å². The first-order chi connectivity index (χ1) is 13.4. The number of benzene rings is 1. The minimum Gasteiger partial charge on any atom is -0.396 e. The maximum Gasteiger partial charge on any atom is 0.253 e. The van der Waals surface area contributed by atoms with E-state index in [1.807, 2.05) is 18.2 Å². The molecule has 0 radical (unpaired) electrons. The van der Waals surface area contributed by atoms with Gasteiger partial charge in [0.05, 0.1) is 23.7 Å². The lowest BCUT2D eigenvalue weighted by Gasteiger charge is -2.35. The lowest BCUT2D eigenvalue weighted by Crippen LogP contribution is -2.47. The largest absolute Gasteiger partial charge is 0.396 e. The summed E-state index contributed by atoms with van der Waals surface area (Å²) in [6.07, 6.45) is 1.68. The van der Waals surface area contributed by atoms with Crippen molar-refractivity contribution in [3.05, 3.63) is 29.6 Å². The average molecular weight is 389 g/mol. The van der Waals surface area contributed by atoms with Crippen LogP contribution in [-0.2, 0) is 13.0 Å². The number of carbonyl (C=O) groups is 1. The van der Waals surface area contributed by atoms with Crippen molar-refractivity contribution in [3.8, 4) is 0 Å². The number of aliphatic hydroxyl groups excluding tert-OH is 2. The summed E-state index contributed by atoms with van der Waals surface area (Å²) in [6.45, 7) is 6.49. The second-order valence-electron chi connectivity index (χ2n) is 8.17. The third-order valence-electron chi connectivity index (χ3n) is 5.47. The van der Waals surface area contributed by atoms with Crippen molar-refractivity contribution >= 4 is 16.9 Å². The summed E-state index contributed by atoms with van der Waals surface area (Å²) in [5.41, 5.74) is 8.19. The molecule has 2 atom stereocenters. The number of piperidine rings is 1. The number of amides is 1. The Hall–Kier alpha value is -1.96. The van der Waals surface area contributed by atoms with E-state index in [2.05, 4.69) is 18.4 Å². The SMILES string of the molecule is CC(C)Cc1nc2ccc(C(=O)N3CC[C@H](O)[C@H](CO)C3)cc2n1CCCN. The van der Waals surface area contributed by atoms with Crippen molar-refractivity contribution in [1.82, 2.24) is 14.5 Å². The second-order valence-corrected chi connectivity index (χ2v) is 8.17. The second kappa shape index (κ2) is 9.03. The fraction of sp³-hybridized carbons (Fsp3) is 0.619. The molecule has 1 aliphatic rings. The van der Waals surface area contributed by atoms with Gasteiger partial charge in [0.25, 0.3) is 5.91 Å². The highest BCUT2D eigenvalue weighted by molar-refractivity contribution is 5.97. The van der Waals surface area contributed by atoms with Gasteiger partial charge in [-0.15, -0.1) is 0 Å². The standard InChI is InChI=1S/C21H32N4O3/c1-14(2)10-20-23-17-5-4-15(11-18(17)25(20)8-3-7-22)21(28)24-9-6-19(27)16(12-24)13-26/h4-5,11,14,16,19,26-27H,3,6-10,12-13,22H2,1-2H3/t16-,19-/m0/s1. The predicted octanol–water partition coefficient (Wildman–Crippen LogP) is 1.40. The molecule has 1 aromatic carbocycles. The van der Waals surface area contributed by atoms with E-state index in [0.29, 0.717) is 37.5 Å². The van der Waals surface area contributed by atoms with E-state index >= 15 is 0 Å². The number of aliphatic hydroxyl groups is 2. The Morgan fingerprint density at radius 2 is 2.18 bits per heavy atom. The fourth-order valence-corrected chi connectivity index (χ4v) is 3.89. The molecule has 0 unspecified atom stereocenters. The van der Waals surface area contributed by atoms with Crippen LogP contribution in [0.5, 0.6) is 0 Å². The molecule has 0 aliphatic carbocycles. The zero-order chi connectivity index (χ0) is 20.3. The Morgan fingerprint density at radius 1 is 1.39 bits per heavy atom. The Kier molecular flexibility index (Phi) is 6.69. The first-order valence-electron chi connectivity index (χ1n) is 10.2. The van der Waals surface area contributed by atoms with Gasteiger partial charge in [0.1, 0.15) is 5.82 Å². The first-order valence-corrected chi connectivity index (χ1v) is 10.2. The number of carbonyl (C=O) groups excluding carboxylic acids is 1. The van der Waals surface area contributed by atoms with Gasteiger partial charge < -0.3 is 25.4 Å². The molecule has 1 saturated heterocycles.